The normalized spacial score (nSPS) is 14.9. The van der Waals surface area contributed by atoms with E-state index in [0.717, 1.165) is 39.4 Å². The topological polar surface area (TPSA) is 79.4 Å². The largest absolute Gasteiger partial charge is 0.379 e. The van der Waals surface area contributed by atoms with Crippen LogP contribution in [0.25, 0.3) is 0 Å². The molecular formula is C17H20ClN5O2. The smallest absolute Gasteiger partial charge is 0.276 e. The summed E-state index contributed by atoms with van der Waals surface area (Å²) in [5, 5.41) is 14.4. The number of aromatic nitrogens is 2. The fourth-order valence-electron chi connectivity index (χ4n) is 2.46. The molecule has 1 fully saturated rings. The molecule has 2 N–H and O–H groups in total. The first kappa shape index (κ1) is 17.6. The van der Waals surface area contributed by atoms with Crippen LogP contribution in [0.5, 0.6) is 0 Å². The molecule has 0 saturated carbocycles. The van der Waals surface area contributed by atoms with Gasteiger partial charge in [0.2, 0.25) is 0 Å². The standard InChI is InChI=1S/C17H20ClN5O2/c18-13-3-1-2-4-14(13)20-17(24)15-5-6-16(22-21-15)19-7-8-23-9-11-25-12-10-23/h1-6H,7-12H2,(H,19,22)(H,20,24). The molecule has 1 aromatic heterocycles. The molecule has 1 aliphatic heterocycles. The summed E-state index contributed by atoms with van der Waals surface area (Å²) in [5.74, 6) is 0.294. The maximum atomic E-state index is 12.2. The molecule has 0 unspecified atom stereocenters. The van der Waals surface area contributed by atoms with Crippen LogP contribution < -0.4 is 10.6 Å². The SMILES string of the molecule is O=C(Nc1ccccc1Cl)c1ccc(NCCN2CCOCC2)nn1. The highest BCUT2D eigenvalue weighted by molar-refractivity contribution is 6.33. The molecule has 7 nitrogen and oxygen atoms in total. The van der Waals surface area contributed by atoms with Gasteiger partial charge in [-0.25, -0.2) is 0 Å². The van der Waals surface area contributed by atoms with Crippen molar-refractivity contribution in [1.82, 2.24) is 15.1 Å². The van der Waals surface area contributed by atoms with Crippen LogP contribution in [0, 0.1) is 0 Å². The fraction of sp³-hybridized carbons (Fsp3) is 0.353. The van der Waals surface area contributed by atoms with Crippen molar-refractivity contribution < 1.29 is 9.53 Å². The number of carbonyl (C=O) groups is 1. The lowest BCUT2D eigenvalue weighted by Crippen LogP contribution is -2.39. The molecule has 0 bridgehead atoms. The Kier molecular flexibility index (Phi) is 6.16. The molecule has 0 aliphatic carbocycles. The van der Waals surface area contributed by atoms with E-state index in [1.807, 2.05) is 0 Å². The maximum Gasteiger partial charge on any atom is 0.276 e. The van der Waals surface area contributed by atoms with Crippen LogP contribution in [0.15, 0.2) is 36.4 Å². The monoisotopic (exact) mass is 361 g/mol. The van der Waals surface area contributed by atoms with Crippen molar-refractivity contribution in [3.05, 3.63) is 47.1 Å². The van der Waals surface area contributed by atoms with Crippen LogP contribution >= 0.6 is 11.6 Å². The van der Waals surface area contributed by atoms with E-state index in [4.69, 9.17) is 16.3 Å². The van der Waals surface area contributed by atoms with Crippen molar-refractivity contribution in [2.45, 2.75) is 0 Å². The van der Waals surface area contributed by atoms with Gasteiger partial charge in [0.05, 0.1) is 23.9 Å². The number of hydrogen-bond donors (Lipinski definition) is 2. The minimum Gasteiger partial charge on any atom is -0.379 e. The predicted octanol–water partition coefficient (Wildman–Crippen LogP) is 2.13. The highest BCUT2D eigenvalue weighted by Crippen LogP contribution is 2.20. The summed E-state index contributed by atoms with van der Waals surface area (Å²) < 4.78 is 5.32. The average molecular weight is 362 g/mol. The minimum atomic E-state index is -0.347. The fourth-order valence-corrected chi connectivity index (χ4v) is 2.65. The molecule has 132 valence electrons. The number of nitrogens with zero attached hydrogens (tertiary/aromatic N) is 3. The second kappa shape index (κ2) is 8.75. The third-order valence-corrected chi connectivity index (χ3v) is 4.19. The Hall–Kier alpha value is -2.22. The molecule has 2 heterocycles. The first-order valence-corrected chi connectivity index (χ1v) is 8.54. The Morgan fingerprint density at radius 1 is 1.16 bits per heavy atom. The number of anilines is 2. The number of hydrogen-bond acceptors (Lipinski definition) is 6. The zero-order chi connectivity index (χ0) is 17.5. The predicted molar refractivity (Wildman–Crippen MR) is 97.2 cm³/mol. The molecule has 0 atom stereocenters. The Morgan fingerprint density at radius 2 is 1.96 bits per heavy atom. The highest BCUT2D eigenvalue weighted by atomic mass is 35.5. The molecule has 2 aromatic rings. The summed E-state index contributed by atoms with van der Waals surface area (Å²) in [6.07, 6.45) is 0. The molecule has 1 aliphatic rings. The number of nitrogens with one attached hydrogen (secondary N) is 2. The summed E-state index contributed by atoms with van der Waals surface area (Å²) >= 11 is 6.03. The third-order valence-electron chi connectivity index (χ3n) is 3.86. The van der Waals surface area contributed by atoms with Gasteiger partial charge in [0.15, 0.2) is 5.69 Å². The van der Waals surface area contributed by atoms with Crippen molar-refractivity contribution in [2.75, 3.05) is 50.0 Å². The van der Waals surface area contributed by atoms with Crippen LogP contribution in [-0.2, 0) is 4.74 Å². The lowest BCUT2D eigenvalue weighted by atomic mass is 10.3. The van der Waals surface area contributed by atoms with Gasteiger partial charge in [-0.1, -0.05) is 23.7 Å². The maximum absolute atomic E-state index is 12.2. The van der Waals surface area contributed by atoms with Crippen LogP contribution in [0.1, 0.15) is 10.5 Å². The van der Waals surface area contributed by atoms with Crippen molar-refractivity contribution >= 4 is 29.0 Å². The van der Waals surface area contributed by atoms with E-state index in [0.29, 0.717) is 16.5 Å². The van der Waals surface area contributed by atoms with Gasteiger partial charge in [0, 0.05) is 26.2 Å². The molecular weight excluding hydrogens is 342 g/mol. The summed E-state index contributed by atoms with van der Waals surface area (Å²) in [4.78, 5) is 14.5. The molecule has 0 radical (unpaired) electrons. The lowest BCUT2D eigenvalue weighted by Gasteiger charge is -2.26. The van der Waals surface area contributed by atoms with Crippen LogP contribution in [-0.4, -0.2) is 60.4 Å². The third kappa shape index (κ3) is 5.12. The molecule has 3 rings (SSSR count). The molecule has 25 heavy (non-hydrogen) atoms. The minimum absolute atomic E-state index is 0.235. The van der Waals surface area contributed by atoms with Crippen molar-refractivity contribution in [1.29, 1.82) is 0 Å². The van der Waals surface area contributed by atoms with Crippen molar-refractivity contribution in [3.8, 4) is 0 Å². The number of morpholine rings is 1. The number of ether oxygens (including phenoxy) is 1. The number of para-hydroxylation sites is 1. The van der Waals surface area contributed by atoms with E-state index in [9.17, 15) is 4.79 Å². The number of carbonyl (C=O) groups excluding carboxylic acids is 1. The van der Waals surface area contributed by atoms with Crippen LogP contribution in [0.3, 0.4) is 0 Å². The average Bonchev–Trinajstić information content (AvgIpc) is 2.65. The molecule has 1 amide bonds. The Bertz CT molecular complexity index is 704. The van der Waals surface area contributed by atoms with Crippen molar-refractivity contribution in [3.63, 3.8) is 0 Å². The number of halogens is 1. The zero-order valence-corrected chi connectivity index (χ0v) is 14.5. The van der Waals surface area contributed by atoms with Gasteiger partial charge in [-0.15, -0.1) is 10.2 Å². The Labute approximate surface area is 151 Å². The number of amides is 1. The Morgan fingerprint density at radius 3 is 2.68 bits per heavy atom. The van der Waals surface area contributed by atoms with E-state index in [2.05, 4.69) is 25.7 Å². The summed E-state index contributed by atoms with van der Waals surface area (Å²) in [7, 11) is 0. The van der Waals surface area contributed by atoms with Gasteiger partial charge in [-0.2, -0.15) is 0 Å². The molecule has 1 saturated heterocycles. The van der Waals surface area contributed by atoms with Gasteiger partial charge in [0.1, 0.15) is 5.82 Å². The Balaban J connectivity index is 1.49. The van der Waals surface area contributed by atoms with Gasteiger partial charge < -0.3 is 15.4 Å². The summed E-state index contributed by atoms with van der Waals surface area (Å²) in [5.41, 5.74) is 0.780. The van der Waals surface area contributed by atoms with Gasteiger partial charge in [0.25, 0.3) is 5.91 Å². The summed E-state index contributed by atoms with van der Waals surface area (Å²) in [6, 6.07) is 10.4. The number of benzene rings is 1. The van der Waals surface area contributed by atoms with Crippen molar-refractivity contribution in [2.24, 2.45) is 0 Å². The first-order chi connectivity index (χ1) is 12.2. The second-order valence-electron chi connectivity index (χ2n) is 5.62. The van der Waals surface area contributed by atoms with E-state index >= 15 is 0 Å². The van der Waals surface area contributed by atoms with E-state index in [-0.39, 0.29) is 11.6 Å². The number of rotatable bonds is 6. The van der Waals surface area contributed by atoms with E-state index in [1.54, 1.807) is 36.4 Å². The second-order valence-corrected chi connectivity index (χ2v) is 6.03. The van der Waals surface area contributed by atoms with E-state index in [1.165, 1.54) is 0 Å². The van der Waals surface area contributed by atoms with Crippen LogP contribution in [0.4, 0.5) is 11.5 Å². The lowest BCUT2D eigenvalue weighted by molar-refractivity contribution is 0.0398. The van der Waals surface area contributed by atoms with Gasteiger partial charge in [-0.3, -0.25) is 9.69 Å². The molecule has 1 aromatic carbocycles. The van der Waals surface area contributed by atoms with Gasteiger partial charge >= 0.3 is 0 Å². The summed E-state index contributed by atoms with van der Waals surface area (Å²) in [6.45, 7) is 5.16. The molecule has 0 spiro atoms. The molecule has 8 heteroatoms. The van der Waals surface area contributed by atoms with Crippen LogP contribution in [0.2, 0.25) is 5.02 Å². The zero-order valence-electron chi connectivity index (χ0n) is 13.7. The quantitative estimate of drug-likeness (QED) is 0.820. The van der Waals surface area contributed by atoms with Gasteiger partial charge in [-0.05, 0) is 24.3 Å². The first-order valence-electron chi connectivity index (χ1n) is 8.16. The highest BCUT2D eigenvalue weighted by Gasteiger charge is 2.11. The van der Waals surface area contributed by atoms with E-state index < -0.39 is 0 Å².